The molecule has 0 aromatic carbocycles. The van der Waals surface area contributed by atoms with E-state index in [1.807, 2.05) is 0 Å². The van der Waals surface area contributed by atoms with Crippen LogP contribution in [0.25, 0.3) is 0 Å². The Hall–Kier alpha value is -1.45. The Morgan fingerprint density at radius 2 is 0.640 bits per heavy atom. The first-order chi connectivity index (χ1) is 24.8. The quantitative estimate of drug-likeness (QED) is 0.0517. The molecule has 0 saturated heterocycles. The van der Waals surface area contributed by atoms with E-state index in [1.165, 1.54) is 25.7 Å². The predicted octanol–water partition coefficient (Wildman–Crippen LogP) is 3.11. The van der Waals surface area contributed by atoms with Gasteiger partial charge < -0.3 is 61.6 Å². The Balaban J connectivity index is 3.09. The first kappa shape index (κ1) is 48.5. The number of unbranched alkanes of at least 4 members (excludes halogenated alkanes) is 5. The maximum Gasteiger partial charge on any atom is 0.305 e. The molecule has 0 heterocycles. The Labute approximate surface area is 301 Å². The summed E-state index contributed by atoms with van der Waals surface area (Å²) in [6, 6.07) is 0. The first-order valence-corrected chi connectivity index (χ1v) is 18.3. The van der Waals surface area contributed by atoms with Gasteiger partial charge in [0, 0.05) is 6.42 Å². The highest BCUT2D eigenvalue weighted by Gasteiger charge is 2.03. The van der Waals surface area contributed by atoms with E-state index < -0.39 is 0 Å². The predicted molar refractivity (Wildman–Crippen MR) is 188 cm³/mol. The van der Waals surface area contributed by atoms with Crippen molar-refractivity contribution in [1.29, 1.82) is 0 Å². The molecule has 0 atom stereocenters. The third-order valence-electron chi connectivity index (χ3n) is 6.50. The minimum Gasteiger partial charge on any atom is -0.463 e. The number of esters is 1. The molecule has 0 bridgehead atoms. The molecule has 0 N–H and O–H groups in total. The van der Waals surface area contributed by atoms with Crippen molar-refractivity contribution in [1.82, 2.24) is 0 Å². The summed E-state index contributed by atoms with van der Waals surface area (Å²) in [6.07, 6.45) is 12.5. The summed E-state index contributed by atoms with van der Waals surface area (Å²) in [6.45, 7) is 14.0. The normalized spacial score (nSPS) is 11.3. The van der Waals surface area contributed by atoms with Gasteiger partial charge in [-0.1, -0.05) is 44.9 Å². The fourth-order valence-corrected chi connectivity index (χ4v) is 3.89. The molecule has 0 aromatic heterocycles. The zero-order valence-corrected chi connectivity index (χ0v) is 30.9. The van der Waals surface area contributed by atoms with Gasteiger partial charge in [0.15, 0.2) is 0 Å². The fraction of sp³-hybridized carbons (Fsp3) is 0.917. The van der Waals surface area contributed by atoms with Crippen LogP contribution >= 0.6 is 0 Å². The Morgan fingerprint density at radius 3 is 0.940 bits per heavy atom. The van der Waals surface area contributed by atoms with Gasteiger partial charge in [-0.15, -0.1) is 6.42 Å². The highest BCUT2D eigenvalue weighted by Crippen LogP contribution is 2.07. The number of rotatable bonds is 44. The second-order valence-corrected chi connectivity index (χ2v) is 10.7. The molecule has 50 heavy (non-hydrogen) atoms. The lowest BCUT2D eigenvalue weighted by Gasteiger charge is -2.09. The molecule has 14 nitrogen and oxygen atoms in total. The lowest BCUT2D eigenvalue weighted by atomic mass is 10.1. The molecule has 0 fully saturated rings. The van der Waals surface area contributed by atoms with Gasteiger partial charge in [-0.3, -0.25) is 4.79 Å². The smallest absolute Gasteiger partial charge is 0.305 e. The van der Waals surface area contributed by atoms with Gasteiger partial charge in [0.1, 0.15) is 13.2 Å². The number of carbonyl (C=O) groups is 1. The van der Waals surface area contributed by atoms with Crippen molar-refractivity contribution in [3.05, 3.63) is 0 Å². The summed E-state index contributed by atoms with van der Waals surface area (Å²) >= 11 is 0. The van der Waals surface area contributed by atoms with Crippen LogP contribution in [0.4, 0.5) is 0 Å². The third-order valence-corrected chi connectivity index (χ3v) is 6.50. The Morgan fingerprint density at radius 1 is 0.380 bits per heavy atom. The zero-order chi connectivity index (χ0) is 36.1. The highest BCUT2D eigenvalue weighted by atomic mass is 16.6. The number of hydrogen-bond donors (Lipinski definition) is 0. The highest BCUT2D eigenvalue weighted by molar-refractivity contribution is 5.69. The molecule has 0 aliphatic rings. The summed E-state index contributed by atoms with van der Waals surface area (Å²) < 4.78 is 70.2. The number of hydrogen-bond acceptors (Lipinski definition) is 14. The maximum atomic E-state index is 11.7. The molecule has 0 rings (SSSR count). The largest absolute Gasteiger partial charge is 0.463 e. The molecule has 0 aromatic rings. The molecule has 0 saturated carbocycles. The van der Waals surface area contributed by atoms with Gasteiger partial charge in [-0.2, -0.15) is 0 Å². The monoisotopic (exact) mass is 724 g/mol. The third kappa shape index (κ3) is 44.6. The lowest BCUT2D eigenvalue weighted by molar-refractivity contribution is -0.145. The van der Waals surface area contributed by atoms with E-state index in [4.69, 9.17) is 68.0 Å². The van der Waals surface area contributed by atoms with Crippen molar-refractivity contribution in [2.24, 2.45) is 0 Å². The molecule has 296 valence electrons. The average Bonchev–Trinajstić information content (AvgIpc) is 3.12. The SMILES string of the molecule is C#CCOCCOCCOCCOCCOCCOCCOCCOCCOCCOCCOCCOCCOC(=O)CCCCCCCC. The summed E-state index contributed by atoms with van der Waals surface area (Å²) in [5.74, 6) is 2.25. The van der Waals surface area contributed by atoms with Gasteiger partial charge in [0.05, 0.1) is 152 Å². The standard InChI is InChI=1S/C36H68O14/c1-3-5-6-7-8-9-10-36(37)50-35-34-49-33-32-48-31-30-47-29-28-46-27-26-45-25-24-44-23-22-43-21-20-42-19-18-41-17-16-40-15-14-39-13-12-38-11-4-2/h2H,3,5-35H2,1H3. The molecule has 0 radical (unpaired) electrons. The van der Waals surface area contributed by atoms with Gasteiger partial charge >= 0.3 is 5.97 Å². The topological polar surface area (TPSA) is 137 Å². The van der Waals surface area contributed by atoms with Crippen LogP contribution in [0.2, 0.25) is 0 Å². The summed E-state index contributed by atoms with van der Waals surface area (Å²) in [7, 11) is 0. The van der Waals surface area contributed by atoms with Crippen LogP contribution in [0.3, 0.4) is 0 Å². The van der Waals surface area contributed by atoms with Crippen LogP contribution in [0, 0.1) is 12.3 Å². The number of carbonyl (C=O) groups excluding carboxylic acids is 1. The van der Waals surface area contributed by atoms with Gasteiger partial charge in [0.25, 0.3) is 0 Å². The van der Waals surface area contributed by atoms with Crippen LogP contribution in [0.5, 0.6) is 0 Å². The summed E-state index contributed by atoms with van der Waals surface area (Å²) in [5.41, 5.74) is 0. The van der Waals surface area contributed by atoms with Crippen LogP contribution in [-0.2, 0) is 66.4 Å². The Kier molecular flexibility index (Phi) is 44.2. The van der Waals surface area contributed by atoms with E-state index in [1.54, 1.807) is 0 Å². The van der Waals surface area contributed by atoms with Crippen molar-refractivity contribution in [2.45, 2.75) is 51.9 Å². The average molecular weight is 725 g/mol. The van der Waals surface area contributed by atoms with Crippen molar-refractivity contribution >= 4 is 5.97 Å². The van der Waals surface area contributed by atoms with E-state index in [2.05, 4.69) is 12.8 Å². The van der Waals surface area contributed by atoms with E-state index in [9.17, 15) is 4.79 Å². The van der Waals surface area contributed by atoms with E-state index in [-0.39, 0.29) is 12.6 Å². The van der Waals surface area contributed by atoms with Gasteiger partial charge in [-0.25, -0.2) is 0 Å². The van der Waals surface area contributed by atoms with Crippen LogP contribution in [0.15, 0.2) is 0 Å². The summed E-state index contributed by atoms with van der Waals surface area (Å²) in [5, 5.41) is 0. The van der Waals surface area contributed by atoms with E-state index in [0.29, 0.717) is 165 Å². The number of ether oxygens (including phenoxy) is 13. The molecule has 14 heteroatoms. The summed E-state index contributed by atoms with van der Waals surface area (Å²) in [4.78, 5) is 11.7. The second kappa shape index (κ2) is 45.6. The minimum absolute atomic E-state index is 0.146. The number of terminal acetylenes is 1. The molecule has 0 spiro atoms. The van der Waals surface area contributed by atoms with E-state index in [0.717, 1.165) is 12.8 Å². The van der Waals surface area contributed by atoms with Gasteiger partial charge in [-0.05, 0) is 6.42 Å². The van der Waals surface area contributed by atoms with Crippen molar-refractivity contribution in [3.8, 4) is 12.3 Å². The molecular weight excluding hydrogens is 656 g/mol. The lowest BCUT2D eigenvalue weighted by Crippen LogP contribution is -2.15. The van der Waals surface area contributed by atoms with Crippen molar-refractivity contribution < 1.29 is 66.4 Å². The van der Waals surface area contributed by atoms with Crippen LogP contribution in [0.1, 0.15) is 51.9 Å². The first-order valence-electron chi connectivity index (χ1n) is 18.3. The van der Waals surface area contributed by atoms with Crippen LogP contribution < -0.4 is 0 Å². The molecule has 0 unspecified atom stereocenters. The maximum absolute atomic E-state index is 11.7. The van der Waals surface area contributed by atoms with E-state index >= 15 is 0 Å². The molecule has 0 aliphatic heterocycles. The molecule has 0 aliphatic carbocycles. The van der Waals surface area contributed by atoms with Crippen LogP contribution in [-0.4, -0.2) is 171 Å². The van der Waals surface area contributed by atoms with Gasteiger partial charge in [0.2, 0.25) is 0 Å². The van der Waals surface area contributed by atoms with Crippen molar-refractivity contribution in [3.63, 3.8) is 0 Å². The second-order valence-electron chi connectivity index (χ2n) is 10.7. The van der Waals surface area contributed by atoms with Crippen molar-refractivity contribution in [2.75, 3.05) is 165 Å². The fourth-order valence-electron chi connectivity index (χ4n) is 3.89. The molecular formula is C36H68O14. The molecule has 0 amide bonds. The Bertz CT molecular complexity index is 694. The minimum atomic E-state index is -0.146. The zero-order valence-electron chi connectivity index (χ0n) is 30.9.